The number of aliphatic imine (C=N–C) groups is 1. The Morgan fingerprint density at radius 1 is 1.12 bits per heavy atom. The van der Waals surface area contributed by atoms with Crippen LogP contribution in [0.5, 0.6) is 0 Å². The van der Waals surface area contributed by atoms with Crippen LogP contribution in [-0.4, -0.2) is 63.0 Å². The Bertz CT molecular complexity index is 534. The Kier molecular flexibility index (Phi) is 4.01. The zero-order chi connectivity index (χ0) is 16.9. The van der Waals surface area contributed by atoms with E-state index in [2.05, 4.69) is 10.2 Å². The summed E-state index contributed by atoms with van der Waals surface area (Å²) >= 11 is 0. The molecule has 2 spiro atoms. The van der Waals surface area contributed by atoms with E-state index in [9.17, 15) is 0 Å². The normalized spacial score (nSPS) is 42.8. The van der Waals surface area contributed by atoms with Crippen LogP contribution >= 0.6 is 0 Å². The average molecular weight is 348 g/mol. The van der Waals surface area contributed by atoms with Gasteiger partial charge in [-0.25, -0.2) is 0 Å². The second kappa shape index (κ2) is 6.12. The molecule has 0 radical (unpaired) electrons. The fourth-order valence-electron chi connectivity index (χ4n) is 6.51. The van der Waals surface area contributed by atoms with Crippen molar-refractivity contribution in [1.29, 1.82) is 0 Å². The topological polar surface area (TPSA) is 46.1 Å². The van der Waals surface area contributed by atoms with Crippen LogP contribution in [-0.2, 0) is 9.47 Å². The molecule has 5 rings (SSSR count). The first kappa shape index (κ1) is 16.4. The van der Waals surface area contributed by atoms with Gasteiger partial charge in [-0.3, -0.25) is 4.99 Å². The van der Waals surface area contributed by atoms with Crippen molar-refractivity contribution in [2.75, 3.05) is 40.0 Å². The van der Waals surface area contributed by atoms with E-state index in [0.717, 1.165) is 38.9 Å². The van der Waals surface area contributed by atoms with E-state index in [4.69, 9.17) is 14.5 Å². The fourth-order valence-corrected chi connectivity index (χ4v) is 6.51. The molecular weight excluding hydrogens is 314 g/mol. The van der Waals surface area contributed by atoms with Gasteiger partial charge in [0.15, 0.2) is 5.96 Å². The van der Waals surface area contributed by atoms with Crippen LogP contribution < -0.4 is 5.32 Å². The number of guanidine groups is 1. The second-order valence-electron chi connectivity index (χ2n) is 9.18. The summed E-state index contributed by atoms with van der Waals surface area (Å²) in [5.41, 5.74) is 0.777. The largest absolute Gasteiger partial charge is 0.381 e. The first-order valence-electron chi connectivity index (χ1n) is 10.4. The molecule has 3 saturated heterocycles. The summed E-state index contributed by atoms with van der Waals surface area (Å²) in [6, 6.07) is 0.577. The molecule has 5 heteroatoms. The van der Waals surface area contributed by atoms with Crippen molar-refractivity contribution in [2.45, 2.75) is 63.5 Å². The third kappa shape index (κ3) is 2.45. The van der Waals surface area contributed by atoms with Gasteiger partial charge in [-0.05, 0) is 44.9 Å². The summed E-state index contributed by atoms with van der Waals surface area (Å²) in [6.07, 6.45) is 10.9. The molecule has 1 N–H and O–H groups in total. The molecule has 5 fully saturated rings. The van der Waals surface area contributed by atoms with Gasteiger partial charge in [-0.15, -0.1) is 0 Å². The van der Waals surface area contributed by atoms with Gasteiger partial charge in [-0.2, -0.15) is 0 Å². The lowest BCUT2D eigenvalue weighted by atomic mass is 9.46. The van der Waals surface area contributed by atoms with E-state index in [1.54, 1.807) is 0 Å². The lowest BCUT2D eigenvalue weighted by molar-refractivity contribution is -0.171. The standard InChI is InChI=1S/C20H33N3O2/c1-21-18(23-10-3-6-19(13-23)7-4-11-24-14-19)22-16-15-5-12-25-17(15)20(16)8-2-9-20/h15-17H,2-14H2,1H3,(H,21,22). The van der Waals surface area contributed by atoms with Gasteiger partial charge < -0.3 is 19.7 Å². The zero-order valence-corrected chi connectivity index (χ0v) is 15.6. The van der Waals surface area contributed by atoms with Gasteiger partial charge in [0.1, 0.15) is 0 Å². The Morgan fingerprint density at radius 3 is 2.72 bits per heavy atom. The molecule has 2 aliphatic carbocycles. The van der Waals surface area contributed by atoms with Crippen LogP contribution in [0.3, 0.4) is 0 Å². The molecule has 4 atom stereocenters. The third-order valence-corrected chi connectivity index (χ3v) is 7.90. The maximum absolute atomic E-state index is 6.08. The number of fused-ring (bicyclic) bond motifs is 2. The monoisotopic (exact) mass is 347 g/mol. The van der Waals surface area contributed by atoms with Gasteiger partial charge in [0.25, 0.3) is 0 Å². The van der Waals surface area contributed by atoms with Crippen LogP contribution in [0.2, 0.25) is 0 Å². The van der Waals surface area contributed by atoms with Crippen molar-refractivity contribution in [1.82, 2.24) is 10.2 Å². The SMILES string of the molecule is CN=C(NC1C2CCOC2C12CCC2)N1CCCC2(CCCOC2)C1. The highest BCUT2D eigenvalue weighted by Crippen LogP contribution is 2.62. The second-order valence-corrected chi connectivity index (χ2v) is 9.18. The molecule has 5 aliphatic rings. The van der Waals surface area contributed by atoms with Gasteiger partial charge in [0.2, 0.25) is 0 Å². The number of piperidine rings is 1. The van der Waals surface area contributed by atoms with Crippen LogP contribution in [0, 0.1) is 16.7 Å². The van der Waals surface area contributed by atoms with Crippen molar-refractivity contribution in [3.63, 3.8) is 0 Å². The number of hydrogen-bond donors (Lipinski definition) is 1. The lowest BCUT2D eigenvalue weighted by Crippen LogP contribution is -2.73. The van der Waals surface area contributed by atoms with Crippen molar-refractivity contribution in [3.05, 3.63) is 0 Å². The fraction of sp³-hybridized carbons (Fsp3) is 0.950. The van der Waals surface area contributed by atoms with Gasteiger partial charge >= 0.3 is 0 Å². The molecule has 3 heterocycles. The van der Waals surface area contributed by atoms with E-state index in [1.807, 2.05) is 7.05 Å². The van der Waals surface area contributed by atoms with Gasteiger partial charge in [-0.1, -0.05) is 6.42 Å². The molecule has 0 aromatic rings. The Morgan fingerprint density at radius 2 is 2.00 bits per heavy atom. The minimum atomic E-state index is 0.362. The predicted molar refractivity (Wildman–Crippen MR) is 97.7 cm³/mol. The number of ether oxygens (including phenoxy) is 2. The number of hydrogen-bond acceptors (Lipinski definition) is 3. The summed E-state index contributed by atoms with van der Waals surface area (Å²) in [5, 5.41) is 3.91. The molecule has 0 bridgehead atoms. The minimum absolute atomic E-state index is 0.362. The molecule has 4 unspecified atom stereocenters. The summed E-state index contributed by atoms with van der Waals surface area (Å²) in [7, 11) is 1.95. The number of nitrogens with zero attached hydrogens (tertiary/aromatic N) is 2. The number of nitrogens with one attached hydrogen (secondary N) is 1. The highest BCUT2D eigenvalue weighted by Gasteiger charge is 2.67. The van der Waals surface area contributed by atoms with Crippen molar-refractivity contribution < 1.29 is 9.47 Å². The Labute approximate surface area is 151 Å². The zero-order valence-electron chi connectivity index (χ0n) is 15.6. The smallest absolute Gasteiger partial charge is 0.193 e. The molecule has 140 valence electrons. The molecule has 0 amide bonds. The van der Waals surface area contributed by atoms with Gasteiger partial charge in [0.05, 0.1) is 12.7 Å². The van der Waals surface area contributed by atoms with E-state index in [0.29, 0.717) is 28.9 Å². The molecule has 2 saturated carbocycles. The molecule has 0 aromatic carbocycles. The number of rotatable bonds is 1. The maximum atomic E-state index is 6.08. The first-order valence-corrected chi connectivity index (χ1v) is 10.4. The van der Waals surface area contributed by atoms with Crippen LogP contribution in [0.1, 0.15) is 51.4 Å². The predicted octanol–water partition coefficient (Wildman–Crippen LogP) is 2.41. The minimum Gasteiger partial charge on any atom is -0.381 e. The summed E-state index contributed by atoms with van der Waals surface area (Å²) in [5.74, 6) is 1.83. The lowest BCUT2D eigenvalue weighted by Gasteiger charge is -2.63. The summed E-state index contributed by atoms with van der Waals surface area (Å²) < 4.78 is 11.9. The molecule has 25 heavy (non-hydrogen) atoms. The Hall–Kier alpha value is -0.810. The quantitative estimate of drug-likeness (QED) is 0.584. The third-order valence-electron chi connectivity index (χ3n) is 7.90. The van der Waals surface area contributed by atoms with Crippen molar-refractivity contribution >= 4 is 5.96 Å². The van der Waals surface area contributed by atoms with E-state index in [-0.39, 0.29) is 0 Å². The van der Waals surface area contributed by atoms with Crippen molar-refractivity contribution in [2.24, 2.45) is 21.7 Å². The maximum Gasteiger partial charge on any atom is 0.193 e. The van der Waals surface area contributed by atoms with Crippen LogP contribution in [0.25, 0.3) is 0 Å². The first-order chi connectivity index (χ1) is 12.3. The number of likely N-dealkylation sites (tertiary alicyclic amines) is 1. The summed E-state index contributed by atoms with van der Waals surface area (Å²) in [6.45, 7) is 5.08. The van der Waals surface area contributed by atoms with E-state index < -0.39 is 0 Å². The Balaban J connectivity index is 1.29. The molecule has 0 aromatic heterocycles. The van der Waals surface area contributed by atoms with Crippen molar-refractivity contribution in [3.8, 4) is 0 Å². The van der Waals surface area contributed by atoms with E-state index >= 15 is 0 Å². The molecular formula is C20H33N3O2. The molecule has 5 nitrogen and oxygen atoms in total. The average Bonchev–Trinajstić information content (AvgIpc) is 3.00. The summed E-state index contributed by atoms with van der Waals surface area (Å²) in [4.78, 5) is 7.22. The highest BCUT2D eigenvalue weighted by atomic mass is 16.5. The van der Waals surface area contributed by atoms with Gasteiger partial charge in [0, 0.05) is 56.1 Å². The highest BCUT2D eigenvalue weighted by molar-refractivity contribution is 5.80. The van der Waals surface area contributed by atoms with Crippen LogP contribution in [0.15, 0.2) is 4.99 Å². The molecule has 3 aliphatic heterocycles. The van der Waals surface area contributed by atoms with Crippen LogP contribution in [0.4, 0.5) is 0 Å². The van der Waals surface area contributed by atoms with E-state index in [1.165, 1.54) is 51.4 Å².